The SMILES string of the molecule is CCCNc1nc(-c2cncs2)nc2c1CCCCC2. The smallest absolute Gasteiger partial charge is 0.173 e. The zero-order chi connectivity index (χ0) is 13.8. The largest absolute Gasteiger partial charge is 0.370 e. The fraction of sp³-hybridized carbons (Fsp3) is 0.533. The highest BCUT2D eigenvalue weighted by Gasteiger charge is 2.17. The van der Waals surface area contributed by atoms with Crippen molar-refractivity contribution in [2.45, 2.75) is 45.4 Å². The minimum atomic E-state index is 0.826. The second-order valence-corrected chi connectivity index (χ2v) is 6.06. The lowest BCUT2D eigenvalue weighted by Gasteiger charge is -2.14. The number of anilines is 1. The van der Waals surface area contributed by atoms with Crippen molar-refractivity contribution in [1.82, 2.24) is 15.0 Å². The molecule has 2 aromatic heterocycles. The van der Waals surface area contributed by atoms with E-state index >= 15 is 0 Å². The van der Waals surface area contributed by atoms with Crippen molar-refractivity contribution in [2.24, 2.45) is 0 Å². The van der Waals surface area contributed by atoms with E-state index in [1.807, 2.05) is 11.7 Å². The van der Waals surface area contributed by atoms with Gasteiger partial charge in [-0.2, -0.15) is 0 Å². The van der Waals surface area contributed by atoms with E-state index in [-0.39, 0.29) is 0 Å². The minimum absolute atomic E-state index is 0.826. The summed E-state index contributed by atoms with van der Waals surface area (Å²) in [7, 11) is 0. The molecule has 1 aliphatic rings. The molecule has 0 radical (unpaired) electrons. The molecule has 20 heavy (non-hydrogen) atoms. The number of nitrogens with one attached hydrogen (secondary N) is 1. The number of nitrogens with zero attached hydrogens (tertiary/aromatic N) is 3. The Morgan fingerprint density at radius 2 is 2.10 bits per heavy atom. The lowest BCUT2D eigenvalue weighted by atomic mass is 10.1. The molecular formula is C15H20N4S. The zero-order valence-electron chi connectivity index (χ0n) is 11.9. The van der Waals surface area contributed by atoms with Crippen LogP contribution in [0, 0.1) is 0 Å². The maximum Gasteiger partial charge on any atom is 0.173 e. The molecule has 0 amide bonds. The van der Waals surface area contributed by atoms with Crippen LogP contribution in [0.2, 0.25) is 0 Å². The highest BCUT2D eigenvalue weighted by atomic mass is 32.1. The number of thiazole rings is 1. The Kier molecular flexibility index (Phi) is 4.25. The number of aryl methyl sites for hydroxylation is 1. The fourth-order valence-corrected chi connectivity index (χ4v) is 3.15. The highest BCUT2D eigenvalue weighted by molar-refractivity contribution is 7.13. The van der Waals surface area contributed by atoms with Gasteiger partial charge in [0.2, 0.25) is 0 Å². The molecule has 0 spiro atoms. The van der Waals surface area contributed by atoms with Crippen LogP contribution in [-0.2, 0) is 12.8 Å². The molecule has 5 heteroatoms. The quantitative estimate of drug-likeness (QED) is 0.872. The van der Waals surface area contributed by atoms with Gasteiger partial charge in [0.1, 0.15) is 5.82 Å². The van der Waals surface area contributed by atoms with Gasteiger partial charge in [0, 0.05) is 24.0 Å². The Bertz CT molecular complexity index is 566. The Balaban J connectivity index is 2.03. The lowest BCUT2D eigenvalue weighted by Crippen LogP contribution is -2.10. The Morgan fingerprint density at radius 1 is 1.20 bits per heavy atom. The summed E-state index contributed by atoms with van der Waals surface area (Å²) in [5.41, 5.74) is 4.41. The molecule has 0 saturated carbocycles. The van der Waals surface area contributed by atoms with Crippen LogP contribution in [0.5, 0.6) is 0 Å². The summed E-state index contributed by atoms with van der Waals surface area (Å²) >= 11 is 1.60. The number of hydrogen-bond donors (Lipinski definition) is 1. The van der Waals surface area contributed by atoms with Crippen LogP contribution in [0.1, 0.15) is 43.9 Å². The maximum atomic E-state index is 4.80. The van der Waals surface area contributed by atoms with Crippen molar-refractivity contribution in [2.75, 3.05) is 11.9 Å². The van der Waals surface area contributed by atoms with Crippen LogP contribution in [0.3, 0.4) is 0 Å². The molecule has 0 bridgehead atoms. The van der Waals surface area contributed by atoms with Gasteiger partial charge in [-0.1, -0.05) is 13.3 Å². The molecular weight excluding hydrogens is 268 g/mol. The van der Waals surface area contributed by atoms with E-state index in [1.54, 1.807) is 11.3 Å². The van der Waals surface area contributed by atoms with E-state index in [0.29, 0.717) is 0 Å². The molecule has 0 fully saturated rings. The van der Waals surface area contributed by atoms with E-state index < -0.39 is 0 Å². The molecule has 0 aromatic carbocycles. The van der Waals surface area contributed by atoms with Crippen LogP contribution >= 0.6 is 11.3 Å². The predicted molar refractivity (Wildman–Crippen MR) is 83.2 cm³/mol. The van der Waals surface area contributed by atoms with E-state index in [4.69, 9.17) is 9.97 Å². The molecule has 1 N–H and O–H groups in total. The molecule has 0 atom stereocenters. The van der Waals surface area contributed by atoms with E-state index in [0.717, 1.165) is 42.3 Å². The van der Waals surface area contributed by atoms with Crippen LogP contribution in [0.25, 0.3) is 10.7 Å². The van der Waals surface area contributed by atoms with Crippen molar-refractivity contribution < 1.29 is 0 Å². The third-order valence-electron chi connectivity index (χ3n) is 3.63. The topological polar surface area (TPSA) is 50.7 Å². The molecule has 3 rings (SSSR count). The van der Waals surface area contributed by atoms with Gasteiger partial charge in [-0.3, -0.25) is 4.98 Å². The third kappa shape index (κ3) is 2.82. The van der Waals surface area contributed by atoms with E-state index in [1.165, 1.54) is 30.5 Å². The summed E-state index contributed by atoms with van der Waals surface area (Å²) < 4.78 is 0. The molecule has 0 unspecified atom stereocenters. The molecule has 0 aliphatic heterocycles. The first-order valence-corrected chi connectivity index (χ1v) is 8.29. The molecule has 1 aliphatic carbocycles. The second kappa shape index (κ2) is 6.31. The van der Waals surface area contributed by atoms with Crippen molar-refractivity contribution in [3.8, 4) is 10.7 Å². The molecule has 106 valence electrons. The van der Waals surface area contributed by atoms with Crippen LogP contribution in [0.15, 0.2) is 11.7 Å². The fourth-order valence-electron chi connectivity index (χ4n) is 2.60. The number of aromatic nitrogens is 3. The predicted octanol–water partition coefficient (Wildman–Crippen LogP) is 3.69. The van der Waals surface area contributed by atoms with Crippen LogP contribution in [-0.4, -0.2) is 21.5 Å². The van der Waals surface area contributed by atoms with E-state index in [9.17, 15) is 0 Å². The first-order valence-electron chi connectivity index (χ1n) is 7.41. The summed E-state index contributed by atoms with van der Waals surface area (Å²) in [5.74, 6) is 1.87. The van der Waals surface area contributed by atoms with Gasteiger partial charge in [0.05, 0.1) is 10.4 Å². The molecule has 4 nitrogen and oxygen atoms in total. The Hall–Kier alpha value is -1.49. The van der Waals surface area contributed by atoms with Crippen molar-refractivity contribution in [3.05, 3.63) is 23.0 Å². The van der Waals surface area contributed by atoms with Gasteiger partial charge < -0.3 is 5.32 Å². The van der Waals surface area contributed by atoms with Gasteiger partial charge in [0.15, 0.2) is 5.82 Å². The number of rotatable bonds is 4. The monoisotopic (exact) mass is 288 g/mol. The van der Waals surface area contributed by atoms with Gasteiger partial charge in [-0.05, 0) is 32.1 Å². The molecule has 0 saturated heterocycles. The van der Waals surface area contributed by atoms with Gasteiger partial charge in [-0.25, -0.2) is 9.97 Å². The third-order valence-corrected chi connectivity index (χ3v) is 4.40. The second-order valence-electron chi connectivity index (χ2n) is 5.17. The summed E-state index contributed by atoms with van der Waals surface area (Å²) in [6, 6.07) is 0. The Labute approximate surface area is 123 Å². The normalized spacial score (nSPS) is 14.7. The van der Waals surface area contributed by atoms with Crippen molar-refractivity contribution in [1.29, 1.82) is 0 Å². The van der Waals surface area contributed by atoms with Crippen LogP contribution in [0.4, 0.5) is 5.82 Å². The molecule has 2 aromatic rings. The first kappa shape index (κ1) is 13.5. The Morgan fingerprint density at radius 3 is 2.90 bits per heavy atom. The van der Waals surface area contributed by atoms with Gasteiger partial charge >= 0.3 is 0 Å². The van der Waals surface area contributed by atoms with Crippen LogP contribution < -0.4 is 5.32 Å². The zero-order valence-corrected chi connectivity index (χ0v) is 12.7. The van der Waals surface area contributed by atoms with Gasteiger partial charge in [-0.15, -0.1) is 11.3 Å². The number of hydrogen-bond acceptors (Lipinski definition) is 5. The summed E-state index contributed by atoms with van der Waals surface area (Å²) in [6.07, 6.45) is 8.91. The van der Waals surface area contributed by atoms with E-state index in [2.05, 4.69) is 17.2 Å². The van der Waals surface area contributed by atoms with Crippen molar-refractivity contribution >= 4 is 17.2 Å². The summed E-state index contributed by atoms with van der Waals surface area (Å²) in [4.78, 5) is 14.8. The molecule has 2 heterocycles. The average Bonchev–Trinajstić information content (AvgIpc) is 2.90. The highest BCUT2D eigenvalue weighted by Crippen LogP contribution is 2.29. The van der Waals surface area contributed by atoms with Crippen molar-refractivity contribution in [3.63, 3.8) is 0 Å². The maximum absolute atomic E-state index is 4.80. The van der Waals surface area contributed by atoms with Gasteiger partial charge in [0.25, 0.3) is 0 Å². The average molecular weight is 288 g/mol. The summed E-state index contributed by atoms with van der Waals surface area (Å²) in [5, 5.41) is 3.49. The lowest BCUT2D eigenvalue weighted by molar-refractivity contribution is 0.709. The standard InChI is InChI=1S/C15H20N4S/c1-2-8-17-14-11-6-4-3-5-7-12(11)18-15(19-14)13-9-16-10-20-13/h9-10H,2-8H2,1H3,(H,17,18,19). The number of fused-ring (bicyclic) bond motifs is 1. The summed E-state index contributed by atoms with van der Waals surface area (Å²) in [6.45, 7) is 3.14. The first-order chi connectivity index (χ1) is 9.88. The minimum Gasteiger partial charge on any atom is -0.370 e.